The van der Waals surface area contributed by atoms with Crippen molar-refractivity contribution in [3.8, 4) is 0 Å². The number of carbonyl (C=O) groups excluding carboxylic acids is 1. The highest BCUT2D eigenvalue weighted by molar-refractivity contribution is 5.79. The molecule has 126 valence electrons. The van der Waals surface area contributed by atoms with Crippen molar-refractivity contribution in [1.29, 1.82) is 0 Å². The maximum absolute atomic E-state index is 13.7. The first-order chi connectivity index (χ1) is 11.7. The molecule has 0 saturated carbocycles. The van der Waals surface area contributed by atoms with Crippen LogP contribution in [0.4, 0.5) is 4.39 Å². The van der Waals surface area contributed by atoms with Gasteiger partial charge in [0.1, 0.15) is 5.82 Å². The Bertz CT molecular complexity index is 726. The first kappa shape index (κ1) is 16.7. The van der Waals surface area contributed by atoms with Crippen LogP contribution in [0, 0.1) is 5.82 Å². The van der Waals surface area contributed by atoms with E-state index in [0.29, 0.717) is 5.56 Å². The van der Waals surface area contributed by atoms with Crippen molar-refractivity contribution in [3.05, 3.63) is 70.5 Å². The SMILES string of the molecule is CCC(NC(=O)Cc1ccccc1F)c1ccc2c(c1)CCCC2. The van der Waals surface area contributed by atoms with E-state index in [1.807, 2.05) is 0 Å². The zero-order chi connectivity index (χ0) is 16.9. The average Bonchev–Trinajstić information content (AvgIpc) is 2.61. The van der Waals surface area contributed by atoms with Gasteiger partial charge in [0.2, 0.25) is 5.91 Å². The fourth-order valence-corrected chi connectivity index (χ4v) is 3.45. The standard InChI is InChI=1S/C21H24FNO/c1-2-20(18-12-11-15-7-3-4-8-16(15)13-18)23-21(24)14-17-9-5-6-10-19(17)22/h5-6,9-13,20H,2-4,7-8,14H2,1H3,(H,23,24). The van der Waals surface area contributed by atoms with Crippen LogP contribution >= 0.6 is 0 Å². The molecule has 1 atom stereocenters. The molecule has 0 saturated heterocycles. The first-order valence-electron chi connectivity index (χ1n) is 8.82. The fraction of sp³-hybridized carbons (Fsp3) is 0.381. The molecule has 0 spiro atoms. The maximum atomic E-state index is 13.7. The van der Waals surface area contributed by atoms with E-state index in [4.69, 9.17) is 0 Å². The number of halogens is 1. The molecule has 1 N–H and O–H groups in total. The molecular weight excluding hydrogens is 301 g/mol. The summed E-state index contributed by atoms with van der Waals surface area (Å²) < 4.78 is 13.7. The normalized spacial score (nSPS) is 14.8. The van der Waals surface area contributed by atoms with Crippen LogP contribution in [0.2, 0.25) is 0 Å². The topological polar surface area (TPSA) is 29.1 Å². The highest BCUT2D eigenvalue weighted by atomic mass is 19.1. The summed E-state index contributed by atoms with van der Waals surface area (Å²) >= 11 is 0. The van der Waals surface area contributed by atoms with Gasteiger partial charge in [-0.05, 0) is 60.4 Å². The van der Waals surface area contributed by atoms with Gasteiger partial charge in [0.25, 0.3) is 0 Å². The molecule has 24 heavy (non-hydrogen) atoms. The third-order valence-electron chi connectivity index (χ3n) is 4.83. The minimum Gasteiger partial charge on any atom is -0.349 e. The lowest BCUT2D eigenvalue weighted by atomic mass is 9.88. The molecule has 1 aliphatic rings. The van der Waals surface area contributed by atoms with Crippen molar-refractivity contribution in [2.45, 2.75) is 51.5 Å². The highest BCUT2D eigenvalue weighted by Crippen LogP contribution is 2.26. The molecular formula is C21H24FNO. The van der Waals surface area contributed by atoms with Gasteiger partial charge in [-0.25, -0.2) is 4.39 Å². The van der Waals surface area contributed by atoms with Gasteiger partial charge in [-0.3, -0.25) is 4.79 Å². The predicted molar refractivity (Wildman–Crippen MR) is 94.4 cm³/mol. The Labute approximate surface area is 143 Å². The number of carbonyl (C=O) groups is 1. The zero-order valence-corrected chi connectivity index (χ0v) is 14.1. The molecule has 1 aliphatic carbocycles. The van der Waals surface area contributed by atoms with Crippen molar-refractivity contribution in [2.24, 2.45) is 0 Å². The van der Waals surface area contributed by atoms with E-state index in [2.05, 4.69) is 30.4 Å². The quantitative estimate of drug-likeness (QED) is 0.861. The van der Waals surface area contributed by atoms with Crippen molar-refractivity contribution in [3.63, 3.8) is 0 Å². The van der Waals surface area contributed by atoms with Crippen LogP contribution in [0.25, 0.3) is 0 Å². The minimum atomic E-state index is -0.325. The second-order valence-electron chi connectivity index (χ2n) is 6.53. The number of hydrogen-bond donors (Lipinski definition) is 1. The van der Waals surface area contributed by atoms with Crippen LogP contribution in [0.5, 0.6) is 0 Å². The van der Waals surface area contributed by atoms with Crippen molar-refractivity contribution < 1.29 is 9.18 Å². The molecule has 0 fully saturated rings. The number of benzene rings is 2. The molecule has 1 unspecified atom stereocenters. The Kier molecular flexibility index (Phi) is 5.29. The Balaban J connectivity index is 1.70. The average molecular weight is 325 g/mol. The maximum Gasteiger partial charge on any atom is 0.225 e. The van der Waals surface area contributed by atoms with Gasteiger partial charge in [0.05, 0.1) is 12.5 Å². The summed E-state index contributed by atoms with van der Waals surface area (Å²) in [6.07, 6.45) is 5.69. The Morgan fingerprint density at radius 3 is 2.62 bits per heavy atom. The first-order valence-corrected chi connectivity index (χ1v) is 8.82. The molecule has 3 heteroatoms. The van der Waals surface area contributed by atoms with Gasteiger partial charge in [-0.2, -0.15) is 0 Å². The van der Waals surface area contributed by atoms with Crippen LogP contribution in [0.15, 0.2) is 42.5 Å². The number of nitrogens with one attached hydrogen (secondary N) is 1. The van der Waals surface area contributed by atoms with Gasteiger partial charge in [0.15, 0.2) is 0 Å². The lowest BCUT2D eigenvalue weighted by molar-refractivity contribution is -0.121. The van der Waals surface area contributed by atoms with E-state index >= 15 is 0 Å². The lowest BCUT2D eigenvalue weighted by Gasteiger charge is -2.22. The van der Waals surface area contributed by atoms with Crippen LogP contribution in [0.3, 0.4) is 0 Å². The second kappa shape index (κ2) is 7.61. The van der Waals surface area contributed by atoms with Crippen molar-refractivity contribution >= 4 is 5.91 Å². The Morgan fingerprint density at radius 1 is 1.12 bits per heavy atom. The third kappa shape index (κ3) is 3.84. The molecule has 3 rings (SSSR count). The monoisotopic (exact) mass is 325 g/mol. The summed E-state index contributed by atoms with van der Waals surface area (Å²) in [7, 11) is 0. The summed E-state index contributed by atoms with van der Waals surface area (Å²) in [4.78, 5) is 12.3. The minimum absolute atomic E-state index is 0.0171. The molecule has 0 aromatic heterocycles. The molecule has 1 amide bonds. The number of rotatable bonds is 5. The van der Waals surface area contributed by atoms with E-state index in [9.17, 15) is 9.18 Å². The van der Waals surface area contributed by atoms with Gasteiger partial charge >= 0.3 is 0 Å². The zero-order valence-electron chi connectivity index (χ0n) is 14.1. The molecule has 0 radical (unpaired) electrons. The van der Waals surface area contributed by atoms with E-state index in [1.54, 1.807) is 18.2 Å². The summed E-state index contributed by atoms with van der Waals surface area (Å²) in [6, 6.07) is 13.0. The van der Waals surface area contributed by atoms with Gasteiger partial charge in [-0.1, -0.05) is 43.3 Å². The van der Waals surface area contributed by atoms with Crippen molar-refractivity contribution in [1.82, 2.24) is 5.32 Å². The number of aryl methyl sites for hydroxylation is 2. The smallest absolute Gasteiger partial charge is 0.225 e. The van der Waals surface area contributed by atoms with Crippen LogP contribution in [0.1, 0.15) is 54.5 Å². The molecule has 2 aromatic rings. The second-order valence-corrected chi connectivity index (χ2v) is 6.53. The van der Waals surface area contributed by atoms with E-state index in [1.165, 1.54) is 30.0 Å². The molecule has 0 aliphatic heterocycles. The number of amides is 1. The predicted octanol–water partition coefficient (Wildman–Crippen LogP) is 4.51. The fourth-order valence-electron chi connectivity index (χ4n) is 3.45. The molecule has 2 nitrogen and oxygen atoms in total. The van der Waals surface area contributed by atoms with Crippen molar-refractivity contribution in [2.75, 3.05) is 0 Å². The third-order valence-corrected chi connectivity index (χ3v) is 4.83. The van der Waals surface area contributed by atoms with Crippen LogP contribution in [-0.4, -0.2) is 5.91 Å². The highest BCUT2D eigenvalue weighted by Gasteiger charge is 2.17. The van der Waals surface area contributed by atoms with E-state index in [-0.39, 0.29) is 24.2 Å². The van der Waals surface area contributed by atoms with E-state index < -0.39 is 0 Å². The van der Waals surface area contributed by atoms with Gasteiger partial charge < -0.3 is 5.32 Å². The molecule has 2 aromatic carbocycles. The molecule has 0 bridgehead atoms. The molecule has 0 heterocycles. The summed E-state index contributed by atoms with van der Waals surface area (Å²) in [5.41, 5.74) is 4.45. The number of fused-ring (bicyclic) bond motifs is 1. The van der Waals surface area contributed by atoms with Gasteiger partial charge in [-0.15, -0.1) is 0 Å². The Hall–Kier alpha value is -2.16. The largest absolute Gasteiger partial charge is 0.349 e. The van der Waals surface area contributed by atoms with E-state index in [0.717, 1.165) is 24.8 Å². The van der Waals surface area contributed by atoms with Crippen LogP contribution < -0.4 is 5.32 Å². The van der Waals surface area contributed by atoms with Crippen LogP contribution in [-0.2, 0) is 24.1 Å². The Morgan fingerprint density at radius 2 is 1.88 bits per heavy atom. The summed E-state index contributed by atoms with van der Waals surface area (Å²) in [6.45, 7) is 2.06. The summed E-state index contributed by atoms with van der Waals surface area (Å²) in [5, 5.41) is 3.06. The number of hydrogen-bond acceptors (Lipinski definition) is 1. The lowest BCUT2D eigenvalue weighted by Crippen LogP contribution is -2.30. The van der Waals surface area contributed by atoms with Gasteiger partial charge in [0, 0.05) is 0 Å². The summed E-state index contributed by atoms with van der Waals surface area (Å²) in [5.74, 6) is -0.459.